The van der Waals surface area contributed by atoms with E-state index in [9.17, 15) is 14.4 Å². The van der Waals surface area contributed by atoms with Crippen LogP contribution in [0.3, 0.4) is 0 Å². The van der Waals surface area contributed by atoms with Gasteiger partial charge in [-0.2, -0.15) is 0 Å². The molecule has 0 aromatic rings. The van der Waals surface area contributed by atoms with Crippen molar-refractivity contribution in [3.05, 3.63) is 0 Å². The molecule has 5 heteroatoms. The fraction of sp³-hybridized carbons (Fsp3) is 0.850. The van der Waals surface area contributed by atoms with Crippen LogP contribution in [0.5, 0.6) is 0 Å². The van der Waals surface area contributed by atoms with E-state index in [1.165, 1.54) is 24.2 Å². The number of nitrogens with zero attached hydrogens (tertiary/aromatic N) is 1. The summed E-state index contributed by atoms with van der Waals surface area (Å²) in [4.78, 5) is 37.2. The summed E-state index contributed by atoms with van der Waals surface area (Å²) < 4.78 is 0. The highest BCUT2D eigenvalue weighted by Gasteiger charge is 2.39. The summed E-state index contributed by atoms with van der Waals surface area (Å²) in [6.45, 7) is 11.6. The highest BCUT2D eigenvalue weighted by molar-refractivity contribution is 6.03. The van der Waals surface area contributed by atoms with Gasteiger partial charge in [-0.05, 0) is 24.2 Å². The first-order chi connectivity index (χ1) is 11.6. The Morgan fingerprint density at radius 3 is 2.36 bits per heavy atom. The van der Waals surface area contributed by atoms with Crippen molar-refractivity contribution in [2.45, 2.75) is 79.6 Å². The Balaban J connectivity index is 2.13. The van der Waals surface area contributed by atoms with Gasteiger partial charge in [0, 0.05) is 31.8 Å². The van der Waals surface area contributed by atoms with E-state index in [0.29, 0.717) is 12.0 Å². The van der Waals surface area contributed by atoms with E-state index in [1.54, 1.807) is 0 Å². The molecule has 3 amide bonds. The predicted molar refractivity (Wildman–Crippen MR) is 99.8 cm³/mol. The summed E-state index contributed by atoms with van der Waals surface area (Å²) in [5.41, 5.74) is 0.396. The third-order valence-electron chi connectivity index (χ3n) is 4.82. The van der Waals surface area contributed by atoms with E-state index in [4.69, 9.17) is 0 Å². The second kappa shape index (κ2) is 9.93. The van der Waals surface area contributed by atoms with E-state index < -0.39 is 0 Å². The first kappa shape index (κ1) is 21.7. The van der Waals surface area contributed by atoms with E-state index in [-0.39, 0.29) is 48.9 Å². The van der Waals surface area contributed by atoms with Gasteiger partial charge in [0.1, 0.15) is 0 Å². The lowest BCUT2D eigenvalue weighted by molar-refractivity contribution is -0.140. The SMILES string of the molecule is CC(C)C1CC(=O)N(CCC(=O)NCCCCCCC(C)(C)C)C1=O. The number of rotatable bonds is 10. The van der Waals surface area contributed by atoms with Gasteiger partial charge in [0.05, 0.1) is 0 Å². The predicted octanol–water partition coefficient (Wildman–Crippen LogP) is 3.52. The summed E-state index contributed by atoms with van der Waals surface area (Å²) in [7, 11) is 0. The van der Waals surface area contributed by atoms with Crippen molar-refractivity contribution in [2.75, 3.05) is 13.1 Å². The Labute approximate surface area is 152 Å². The molecule has 1 heterocycles. The lowest BCUT2D eigenvalue weighted by Gasteiger charge is -2.17. The van der Waals surface area contributed by atoms with Crippen LogP contribution in [0.2, 0.25) is 0 Å². The van der Waals surface area contributed by atoms with Crippen LogP contribution < -0.4 is 5.32 Å². The van der Waals surface area contributed by atoms with Crippen LogP contribution in [0.25, 0.3) is 0 Å². The van der Waals surface area contributed by atoms with Gasteiger partial charge >= 0.3 is 0 Å². The zero-order valence-electron chi connectivity index (χ0n) is 16.7. The number of carbonyl (C=O) groups is 3. The summed E-state index contributed by atoms with van der Waals surface area (Å²) in [5, 5.41) is 2.89. The summed E-state index contributed by atoms with van der Waals surface area (Å²) in [5.74, 6) is -0.400. The third-order valence-corrected chi connectivity index (χ3v) is 4.82. The maximum atomic E-state index is 12.2. The molecule has 1 aliphatic heterocycles. The molecule has 5 nitrogen and oxygen atoms in total. The lowest BCUT2D eigenvalue weighted by Crippen LogP contribution is -2.35. The fourth-order valence-corrected chi connectivity index (χ4v) is 3.13. The van der Waals surface area contributed by atoms with Gasteiger partial charge in [-0.3, -0.25) is 19.3 Å². The van der Waals surface area contributed by atoms with E-state index in [2.05, 4.69) is 26.1 Å². The number of carbonyl (C=O) groups excluding carboxylic acids is 3. The van der Waals surface area contributed by atoms with Gasteiger partial charge < -0.3 is 5.32 Å². The Bertz CT molecular complexity index is 466. The number of hydrogen-bond donors (Lipinski definition) is 1. The molecule has 25 heavy (non-hydrogen) atoms. The van der Waals surface area contributed by atoms with E-state index >= 15 is 0 Å². The van der Waals surface area contributed by atoms with Crippen LogP contribution in [0.4, 0.5) is 0 Å². The molecule has 0 saturated carbocycles. The van der Waals surface area contributed by atoms with Crippen molar-refractivity contribution in [3.63, 3.8) is 0 Å². The van der Waals surface area contributed by atoms with Crippen LogP contribution in [-0.2, 0) is 14.4 Å². The van der Waals surface area contributed by atoms with Crippen molar-refractivity contribution < 1.29 is 14.4 Å². The van der Waals surface area contributed by atoms with Gasteiger partial charge in [0.15, 0.2) is 0 Å². The normalized spacial score (nSPS) is 18.3. The van der Waals surface area contributed by atoms with Crippen molar-refractivity contribution >= 4 is 17.7 Å². The third kappa shape index (κ3) is 8.02. The van der Waals surface area contributed by atoms with Gasteiger partial charge in [-0.25, -0.2) is 0 Å². The molecule has 1 N–H and O–H groups in total. The number of nitrogens with one attached hydrogen (secondary N) is 1. The van der Waals surface area contributed by atoms with Crippen LogP contribution in [-0.4, -0.2) is 35.7 Å². The average molecular weight is 353 g/mol. The maximum absolute atomic E-state index is 12.2. The molecule has 0 aromatic heterocycles. The largest absolute Gasteiger partial charge is 0.356 e. The van der Waals surface area contributed by atoms with Crippen LogP contribution in [0.15, 0.2) is 0 Å². The van der Waals surface area contributed by atoms with Gasteiger partial charge in [0.2, 0.25) is 17.7 Å². The van der Waals surface area contributed by atoms with Gasteiger partial charge in [-0.15, -0.1) is 0 Å². The number of amides is 3. The monoisotopic (exact) mass is 352 g/mol. The minimum atomic E-state index is -0.219. The molecule has 0 radical (unpaired) electrons. The number of hydrogen-bond acceptors (Lipinski definition) is 3. The van der Waals surface area contributed by atoms with E-state index in [0.717, 1.165) is 12.8 Å². The Kier molecular flexibility index (Phi) is 8.60. The average Bonchev–Trinajstić information content (AvgIpc) is 2.78. The molecule has 0 aromatic carbocycles. The Hall–Kier alpha value is -1.39. The number of unbranched alkanes of at least 4 members (excludes halogenated alkanes) is 3. The van der Waals surface area contributed by atoms with Crippen LogP contribution in [0, 0.1) is 17.3 Å². The highest BCUT2D eigenvalue weighted by atomic mass is 16.2. The van der Waals surface area contributed by atoms with Crippen LogP contribution in [0.1, 0.15) is 79.6 Å². The van der Waals surface area contributed by atoms with Gasteiger partial charge in [0.25, 0.3) is 0 Å². The smallest absolute Gasteiger partial charge is 0.233 e. The summed E-state index contributed by atoms with van der Waals surface area (Å²) >= 11 is 0. The molecule has 1 unspecified atom stereocenters. The maximum Gasteiger partial charge on any atom is 0.233 e. The first-order valence-corrected chi connectivity index (χ1v) is 9.72. The van der Waals surface area contributed by atoms with Gasteiger partial charge in [-0.1, -0.05) is 53.9 Å². The minimum absolute atomic E-state index is 0.0803. The zero-order valence-corrected chi connectivity index (χ0v) is 16.7. The lowest BCUT2D eigenvalue weighted by atomic mass is 9.89. The molecule has 1 aliphatic rings. The highest BCUT2D eigenvalue weighted by Crippen LogP contribution is 2.26. The van der Waals surface area contributed by atoms with Crippen molar-refractivity contribution in [1.82, 2.24) is 10.2 Å². The molecular formula is C20H36N2O3. The quantitative estimate of drug-likeness (QED) is 0.483. The standard InChI is InChI=1S/C20H36N2O3/c1-15(2)16-14-18(24)22(19(16)25)13-10-17(23)21-12-9-7-6-8-11-20(3,4)5/h15-16H,6-14H2,1-5H3,(H,21,23). The molecule has 0 spiro atoms. The molecule has 144 valence electrons. The fourth-order valence-electron chi connectivity index (χ4n) is 3.13. The Morgan fingerprint density at radius 2 is 1.80 bits per heavy atom. The topological polar surface area (TPSA) is 66.5 Å². The molecule has 0 aliphatic carbocycles. The summed E-state index contributed by atoms with van der Waals surface area (Å²) in [6, 6.07) is 0. The first-order valence-electron chi connectivity index (χ1n) is 9.72. The molecular weight excluding hydrogens is 316 g/mol. The minimum Gasteiger partial charge on any atom is -0.356 e. The molecule has 0 bridgehead atoms. The van der Waals surface area contributed by atoms with Crippen molar-refractivity contribution in [3.8, 4) is 0 Å². The van der Waals surface area contributed by atoms with Crippen molar-refractivity contribution in [1.29, 1.82) is 0 Å². The second-order valence-corrected chi connectivity index (χ2v) is 8.76. The molecule has 1 saturated heterocycles. The molecule has 1 rings (SSSR count). The van der Waals surface area contributed by atoms with Crippen LogP contribution >= 0.6 is 0 Å². The Morgan fingerprint density at radius 1 is 1.16 bits per heavy atom. The molecule has 1 atom stereocenters. The van der Waals surface area contributed by atoms with Crippen molar-refractivity contribution in [2.24, 2.45) is 17.3 Å². The van der Waals surface area contributed by atoms with E-state index in [1.807, 2.05) is 13.8 Å². The molecule has 1 fully saturated rings. The second-order valence-electron chi connectivity index (χ2n) is 8.76. The number of likely N-dealkylation sites (tertiary alicyclic amines) is 1. The zero-order chi connectivity index (χ0) is 19.0. The number of imide groups is 1. The summed E-state index contributed by atoms with van der Waals surface area (Å²) in [6.07, 6.45) is 6.24.